The molecule has 1 aromatic rings. The van der Waals surface area contributed by atoms with Crippen molar-refractivity contribution in [2.45, 2.75) is 13.3 Å². The molecule has 20 heavy (non-hydrogen) atoms. The minimum absolute atomic E-state index is 0.0197. The van der Waals surface area contributed by atoms with E-state index in [1.807, 2.05) is 6.92 Å². The van der Waals surface area contributed by atoms with Crippen molar-refractivity contribution in [3.63, 3.8) is 0 Å². The summed E-state index contributed by atoms with van der Waals surface area (Å²) in [7, 11) is -3.01. The van der Waals surface area contributed by atoms with Gasteiger partial charge in [-0.1, -0.05) is 6.07 Å². The third kappa shape index (κ3) is 5.04. The van der Waals surface area contributed by atoms with E-state index in [-0.39, 0.29) is 11.4 Å². The molecular weight excluding hydrogens is 282 g/mol. The number of hydrogen-bond acceptors (Lipinski definition) is 6. The van der Waals surface area contributed by atoms with Gasteiger partial charge in [0.15, 0.2) is 0 Å². The Labute approximate surface area is 118 Å². The van der Waals surface area contributed by atoms with Crippen LogP contribution < -0.4 is 10.6 Å². The van der Waals surface area contributed by atoms with Gasteiger partial charge in [-0.15, -0.1) is 0 Å². The number of rotatable bonds is 8. The summed E-state index contributed by atoms with van der Waals surface area (Å²) < 4.78 is 22.0. The number of hydrogen-bond donors (Lipinski definition) is 2. The molecule has 0 saturated heterocycles. The van der Waals surface area contributed by atoms with Crippen LogP contribution in [-0.2, 0) is 9.84 Å². The first-order chi connectivity index (χ1) is 9.35. The number of sulfone groups is 1. The van der Waals surface area contributed by atoms with E-state index in [1.165, 1.54) is 6.26 Å². The molecule has 0 unspecified atom stereocenters. The van der Waals surface area contributed by atoms with Gasteiger partial charge in [-0.25, -0.2) is 8.42 Å². The Morgan fingerprint density at radius 1 is 1.25 bits per heavy atom. The summed E-state index contributed by atoms with van der Waals surface area (Å²) in [5, 5.41) is 17.0. The van der Waals surface area contributed by atoms with Crippen LogP contribution in [0.15, 0.2) is 18.2 Å². The minimum Gasteiger partial charge on any atom is -0.380 e. The number of nitrogens with zero attached hydrogens (tertiary/aromatic N) is 1. The number of anilines is 2. The van der Waals surface area contributed by atoms with Crippen molar-refractivity contribution >= 4 is 26.9 Å². The van der Waals surface area contributed by atoms with Crippen molar-refractivity contribution < 1.29 is 13.3 Å². The van der Waals surface area contributed by atoms with Gasteiger partial charge in [0.1, 0.15) is 21.2 Å². The normalized spacial score (nSPS) is 11.1. The lowest BCUT2D eigenvalue weighted by molar-refractivity contribution is -0.383. The molecule has 0 aromatic heterocycles. The first kappa shape index (κ1) is 16.2. The number of nitro groups is 1. The van der Waals surface area contributed by atoms with E-state index >= 15 is 0 Å². The molecule has 0 fully saturated rings. The second kappa shape index (κ2) is 7.09. The number of para-hydroxylation sites is 1. The summed E-state index contributed by atoms with van der Waals surface area (Å²) in [6, 6.07) is 4.96. The molecule has 0 amide bonds. The minimum atomic E-state index is -3.01. The van der Waals surface area contributed by atoms with E-state index < -0.39 is 14.8 Å². The van der Waals surface area contributed by atoms with Crippen molar-refractivity contribution in [1.82, 2.24) is 0 Å². The number of benzene rings is 1. The van der Waals surface area contributed by atoms with Crippen LogP contribution in [-0.4, -0.2) is 38.4 Å². The van der Waals surface area contributed by atoms with Gasteiger partial charge in [0, 0.05) is 19.3 Å². The Balaban J connectivity index is 2.79. The summed E-state index contributed by atoms with van der Waals surface area (Å²) in [6.45, 7) is 2.80. The van der Waals surface area contributed by atoms with Gasteiger partial charge in [0.2, 0.25) is 0 Å². The molecule has 0 radical (unpaired) electrons. The van der Waals surface area contributed by atoms with Crippen LogP contribution in [0.5, 0.6) is 0 Å². The van der Waals surface area contributed by atoms with Gasteiger partial charge >= 0.3 is 5.69 Å². The fourth-order valence-electron chi connectivity index (χ4n) is 1.77. The monoisotopic (exact) mass is 301 g/mol. The van der Waals surface area contributed by atoms with Gasteiger partial charge in [0.25, 0.3) is 0 Å². The fourth-order valence-corrected chi connectivity index (χ4v) is 2.44. The predicted octanol–water partition coefficient (Wildman–Crippen LogP) is 1.87. The highest BCUT2D eigenvalue weighted by Crippen LogP contribution is 2.32. The molecule has 1 aromatic carbocycles. The molecule has 0 aliphatic carbocycles. The van der Waals surface area contributed by atoms with Crippen LogP contribution in [0.4, 0.5) is 17.1 Å². The lowest BCUT2D eigenvalue weighted by Gasteiger charge is -2.10. The first-order valence-electron chi connectivity index (χ1n) is 6.28. The van der Waals surface area contributed by atoms with Crippen LogP contribution in [0.3, 0.4) is 0 Å². The van der Waals surface area contributed by atoms with Crippen molar-refractivity contribution in [3.05, 3.63) is 28.3 Å². The van der Waals surface area contributed by atoms with E-state index in [0.717, 1.165) is 0 Å². The van der Waals surface area contributed by atoms with Gasteiger partial charge in [0.05, 0.1) is 10.7 Å². The summed E-state index contributed by atoms with van der Waals surface area (Å²) in [5.41, 5.74) is 0.821. The van der Waals surface area contributed by atoms with Crippen LogP contribution in [0, 0.1) is 10.1 Å². The molecule has 0 saturated carbocycles. The third-order valence-corrected chi connectivity index (χ3v) is 3.62. The standard InChI is InChI=1S/C12H19N3O4S/c1-3-13-10-6-4-7-11(12(10)15(16)17)14-8-5-9-20(2,18)19/h4,6-7,13-14H,3,5,8-9H2,1-2H3. The molecule has 112 valence electrons. The second-order valence-corrected chi connectivity index (χ2v) is 6.66. The molecule has 0 aliphatic rings. The molecule has 8 heteroatoms. The van der Waals surface area contributed by atoms with Crippen LogP contribution in [0.25, 0.3) is 0 Å². The number of nitrogens with one attached hydrogen (secondary N) is 2. The molecule has 2 N–H and O–H groups in total. The van der Waals surface area contributed by atoms with Crippen molar-refractivity contribution in [1.29, 1.82) is 0 Å². The first-order valence-corrected chi connectivity index (χ1v) is 8.34. The zero-order chi connectivity index (χ0) is 15.2. The van der Waals surface area contributed by atoms with Crippen LogP contribution in [0.2, 0.25) is 0 Å². The predicted molar refractivity (Wildman–Crippen MR) is 80.1 cm³/mol. The zero-order valence-electron chi connectivity index (χ0n) is 11.5. The largest absolute Gasteiger partial charge is 0.380 e. The Hall–Kier alpha value is -1.83. The molecule has 0 bridgehead atoms. The lowest BCUT2D eigenvalue weighted by atomic mass is 10.2. The van der Waals surface area contributed by atoms with Crippen LogP contribution >= 0.6 is 0 Å². The van der Waals surface area contributed by atoms with Crippen molar-refractivity contribution in [2.75, 3.05) is 35.7 Å². The second-order valence-electron chi connectivity index (χ2n) is 4.40. The molecule has 0 spiro atoms. The summed E-state index contributed by atoms with van der Waals surface area (Å²) in [6.07, 6.45) is 1.57. The van der Waals surface area contributed by atoms with E-state index in [9.17, 15) is 18.5 Å². The van der Waals surface area contributed by atoms with E-state index in [4.69, 9.17) is 0 Å². The van der Waals surface area contributed by atoms with E-state index in [1.54, 1.807) is 18.2 Å². The average Bonchev–Trinajstić information content (AvgIpc) is 2.33. The van der Waals surface area contributed by atoms with E-state index in [2.05, 4.69) is 10.6 Å². The van der Waals surface area contributed by atoms with Crippen LogP contribution in [0.1, 0.15) is 13.3 Å². The molecule has 0 heterocycles. The highest BCUT2D eigenvalue weighted by Gasteiger charge is 2.18. The Morgan fingerprint density at radius 3 is 2.35 bits per heavy atom. The quantitative estimate of drug-likeness (QED) is 0.432. The summed E-state index contributed by atoms with van der Waals surface area (Å²) in [4.78, 5) is 10.7. The maximum Gasteiger partial charge on any atom is 0.315 e. The fraction of sp³-hybridized carbons (Fsp3) is 0.500. The van der Waals surface area contributed by atoms with Gasteiger partial charge in [-0.05, 0) is 25.5 Å². The third-order valence-electron chi connectivity index (χ3n) is 2.59. The topological polar surface area (TPSA) is 101 Å². The Bertz CT molecular complexity index is 572. The van der Waals surface area contributed by atoms with Gasteiger partial charge < -0.3 is 10.6 Å². The van der Waals surface area contributed by atoms with Crippen molar-refractivity contribution in [2.24, 2.45) is 0 Å². The Kier molecular flexibility index (Phi) is 5.75. The molecule has 1 rings (SSSR count). The zero-order valence-corrected chi connectivity index (χ0v) is 12.4. The smallest absolute Gasteiger partial charge is 0.315 e. The van der Waals surface area contributed by atoms with E-state index in [0.29, 0.717) is 30.9 Å². The van der Waals surface area contributed by atoms with Crippen molar-refractivity contribution in [3.8, 4) is 0 Å². The molecular formula is C12H19N3O4S. The molecule has 0 aliphatic heterocycles. The molecule has 7 nitrogen and oxygen atoms in total. The van der Waals surface area contributed by atoms with Gasteiger partial charge in [-0.2, -0.15) is 0 Å². The maximum absolute atomic E-state index is 11.1. The highest BCUT2D eigenvalue weighted by atomic mass is 32.2. The highest BCUT2D eigenvalue weighted by molar-refractivity contribution is 7.90. The lowest BCUT2D eigenvalue weighted by Crippen LogP contribution is -2.11. The Morgan fingerprint density at radius 2 is 1.85 bits per heavy atom. The SMILES string of the molecule is CCNc1cccc(NCCCS(C)(=O)=O)c1[N+](=O)[O-]. The maximum atomic E-state index is 11.1. The molecule has 0 atom stereocenters. The average molecular weight is 301 g/mol. The summed E-state index contributed by atoms with van der Waals surface area (Å²) in [5.74, 6) is 0.0562. The summed E-state index contributed by atoms with van der Waals surface area (Å²) >= 11 is 0. The number of nitro benzene ring substituents is 1. The van der Waals surface area contributed by atoms with Gasteiger partial charge in [-0.3, -0.25) is 10.1 Å².